The molecule has 0 saturated carbocycles. The van der Waals surface area contributed by atoms with E-state index in [1.807, 2.05) is 30.5 Å². The highest BCUT2D eigenvalue weighted by molar-refractivity contribution is 5.81. The number of para-hydroxylation sites is 1. The predicted molar refractivity (Wildman–Crippen MR) is 65.5 cm³/mol. The normalized spacial score (nSPS) is 10.8. The average molecular weight is 208 g/mol. The topological polar surface area (TPSA) is 13.1 Å². The van der Waals surface area contributed by atoms with Gasteiger partial charge in [-0.15, -0.1) is 0 Å². The first-order valence-electron chi connectivity index (χ1n) is 5.42. The molecule has 0 radical (unpaired) electrons. The Hall–Kier alpha value is -2.02. The van der Waals surface area contributed by atoms with Gasteiger partial charge in [0.2, 0.25) is 0 Å². The lowest BCUT2D eigenvalue weighted by atomic mass is 10.0. The monoisotopic (exact) mass is 208 g/mol. The molecule has 0 atom stereocenters. The molecular formula is C15H12O. The summed E-state index contributed by atoms with van der Waals surface area (Å²) in [5.41, 5.74) is 3.53. The standard InChI is InChI=1S/C15H12O/c1-2-6-12(7-3-1)10-13-11-16-15-9-5-4-8-14(13)15/h1-9,11H,10H2. The van der Waals surface area contributed by atoms with E-state index in [0.29, 0.717) is 0 Å². The Labute approximate surface area is 94.3 Å². The lowest BCUT2D eigenvalue weighted by molar-refractivity contribution is 0.611. The van der Waals surface area contributed by atoms with Gasteiger partial charge in [-0.1, -0.05) is 48.5 Å². The van der Waals surface area contributed by atoms with Crippen LogP contribution in [0.4, 0.5) is 0 Å². The van der Waals surface area contributed by atoms with Crippen LogP contribution in [0.25, 0.3) is 11.0 Å². The molecule has 16 heavy (non-hydrogen) atoms. The highest BCUT2D eigenvalue weighted by atomic mass is 16.3. The van der Waals surface area contributed by atoms with Crippen LogP contribution in [0.5, 0.6) is 0 Å². The van der Waals surface area contributed by atoms with Crippen molar-refractivity contribution in [3.63, 3.8) is 0 Å². The summed E-state index contributed by atoms with van der Waals surface area (Å²) in [5.74, 6) is 0. The van der Waals surface area contributed by atoms with E-state index in [2.05, 4.69) is 30.3 Å². The molecule has 0 N–H and O–H groups in total. The molecule has 0 unspecified atom stereocenters. The summed E-state index contributed by atoms with van der Waals surface area (Å²) in [7, 11) is 0. The van der Waals surface area contributed by atoms with Gasteiger partial charge in [-0.3, -0.25) is 0 Å². The quantitative estimate of drug-likeness (QED) is 0.619. The van der Waals surface area contributed by atoms with E-state index in [9.17, 15) is 0 Å². The van der Waals surface area contributed by atoms with E-state index in [-0.39, 0.29) is 0 Å². The van der Waals surface area contributed by atoms with E-state index in [4.69, 9.17) is 4.42 Å². The molecule has 1 nitrogen and oxygen atoms in total. The van der Waals surface area contributed by atoms with Crippen molar-refractivity contribution in [2.75, 3.05) is 0 Å². The van der Waals surface area contributed by atoms with Crippen molar-refractivity contribution in [2.45, 2.75) is 6.42 Å². The van der Waals surface area contributed by atoms with Gasteiger partial charge < -0.3 is 4.42 Å². The first kappa shape index (κ1) is 9.22. The molecule has 0 fully saturated rings. The lowest BCUT2D eigenvalue weighted by Gasteiger charge is -1.98. The Bertz CT molecular complexity index is 593. The Kier molecular flexibility index (Phi) is 2.22. The van der Waals surface area contributed by atoms with Crippen LogP contribution < -0.4 is 0 Å². The van der Waals surface area contributed by atoms with Crippen molar-refractivity contribution in [1.82, 2.24) is 0 Å². The minimum absolute atomic E-state index is 0.928. The Morgan fingerprint density at radius 2 is 1.56 bits per heavy atom. The first-order valence-corrected chi connectivity index (χ1v) is 5.42. The summed E-state index contributed by atoms with van der Waals surface area (Å²) in [4.78, 5) is 0. The lowest BCUT2D eigenvalue weighted by Crippen LogP contribution is -1.85. The molecular weight excluding hydrogens is 196 g/mol. The highest BCUT2D eigenvalue weighted by Crippen LogP contribution is 2.22. The number of hydrogen-bond acceptors (Lipinski definition) is 1. The zero-order valence-electron chi connectivity index (χ0n) is 8.89. The fourth-order valence-electron chi connectivity index (χ4n) is 1.99. The second-order valence-corrected chi connectivity index (χ2v) is 3.92. The molecule has 0 amide bonds. The van der Waals surface area contributed by atoms with Crippen molar-refractivity contribution < 1.29 is 4.42 Å². The Morgan fingerprint density at radius 1 is 0.812 bits per heavy atom. The van der Waals surface area contributed by atoms with Crippen LogP contribution in [-0.4, -0.2) is 0 Å². The zero-order chi connectivity index (χ0) is 10.8. The fourth-order valence-corrected chi connectivity index (χ4v) is 1.99. The molecule has 0 aliphatic rings. The van der Waals surface area contributed by atoms with Crippen molar-refractivity contribution in [3.8, 4) is 0 Å². The maximum Gasteiger partial charge on any atom is 0.134 e. The molecule has 1 aromatic heterocycles. The van der Waals surface area contributed by atoms with Crippen LogP contribution in [-0.2, 0) is 6.42 Å². The molecule has 0 aliphatic carbocycles. The molecule has 0 saturated heterocycles. The number of fused-ring (bicyclic) bond motifs is 1. The average Bonchev–Trinajstić information content (AvgIpc) is 2.74. The van der Waals surface area contributed by atoms with Gasteiger partial charge in [-0.05, 0) is 11.6 Å². The molecule has 0 aliphatic heterocycles. The van der Waals surface area contributed by atoms with Crippen molar-refractivity contribution in [3.05, 3.63) is 72.0 Å². The number of hydrogen-bond donors (Lipinski definition) is 0. The van der Waals surface area contributed by atoms with E-state index in [0.717, 1.165) is 12.0 Å². The molecule has 1 heterocycles. The Morgan fingerprint density at radius 3 is 2.44 bits per heavy atom. The highest BCUT2D eigenvalue weighted by Gasteiger charge is 2.04. The van der Waals surface area contributed by atoms with Gasteiger partial charge in [0.05, 0.1) is 6.26 Å². The predicted octanol–water partition coefficient (Wildman–Crippen LogP) is 4.02. The van der Waals surface area contributed by atoms with Gasteiger partial charge in [0.1, 0.15) is 5.58 Å². The third-order valence-electron chi connectivity index (χ3n) is 2.80. The molecule has 2 aromatic carbocycles. The van der Waals surface area contributed by atoms with Gasteiger partial charge in [-0.25, -0.2) is 0 Å². The Balaban J connectivity index is 2.01. The third-order valence-corrected chi connectivity index (χ3v) is 2.80. The van der Waals surface area contributed by atoms with Crippen LogP contribution in [0.3, 0.4) is 0 Å². The first-order chi connectivity index (χ1) is 7.93. The van der Waals surface area contributed by atoms with Gasteiger partial charge in [0, 0.05) is 17.4 Å². The number of rotatable bonds is 2. The van der Waals surface area contributed by atoms with Gasteiger partial charge in [0.15, 0.2) is 0 Å². The molecule has 78 valence electrons. The van der Waals surface area contributed by atoms with E-state index in [1.165, 1.54) is 16.5 Å². The van der Waals surface area contributed by atoms with Crippen LogP contribution in [0.2, 0.25) is 0 Å². The summed E-state index contributed by atoms with van der Waals surface area (Å²) in [6.45, 7) is 0. The van der Waals surface area contributed by atoms with Crippen LogP contribution >= 0.6 is 0 Å². The minimum Gasteiger partial charge on any atom is -0.464 e. The summed E-state index contributed by atoms with van der Waals surface area (Å²) >= 11 is 0. The maximum absolute atomic E-state index is 5.52. The van der Waals surface area contributed by atoms with Crippen molar-refractivity contribution in [2.24, 2.45) is 0 Å². The minimum atomic E-state index is 0.928. The summed E-state index contributed by atoms with van der Waals surface area (Å²) in [6, 6.07) is 18.6. The summed E-state index contributed by atoms with van der Waals surface area (Å²) in [6.07, 6.45) is 2.79. The molecule has 3 rings (SSSR count). The van der Waals surface area contributed by atoms with E-state index < -0.39 is 0 Å². The van der Waals surface area contributed by atoms with Crippen LogP contribution in [0.15, 0.2) is 65.3 Å². The van der Waals surface area contributed by atoms with Gasteiger partial charge in [0.25, 0.3) is 0 Å². The third kappa shape index (κ3) is 1.61. The van der Waals surface area contributed by atoms with Crippen molar-refractivity contribution >= 4 is 11.0 Å². The largest absolute Gasteiger partial charge is 0.464 e. The smallest absolute Gasteiger partial charge is 0.134 e. The number of furan rings is 1. The van der Waals surface area contributed by atoms with Gasteiger partial charge >= 0.3 is 0 Å². The van der Waals surface area contributed by atoms with Crippen LogP contribution in [0.1, 0.15) is 11.1 Å². The second-order valence-electron chi connectivity index (χ2n) is 3.92. The zero-order valence-corrected chi connectivity index (χ0v) is 8.89. The summed E-state index contributed by atoms with van der Waals surface area (Å²) in [5, 5.41) is 1.21. The van der Waals surface area contributed by atoms with E-state index in [1.54, 1.807) is 0 Å². The molecule has 3 aromatic rings. The summed E-state index contributed by atoms with van der Waals surface area (Å²) < 4.78 is 5.52. The molecule has 0 bridgehead atoms. The van der Waals surface area contributed by atoms with Gasteiger partial charge in [-0.2, -0.15) is 0 Å². The fraction of sp³-hybridized carbons (Fsp3) is 0.0667. The second kappa shape index (κ2) is 3.86. The van der Waals surface area contributed by atoms with Crippen LogP contribution in [0, 0.1) is 0 Å². The molecule has 0 spiro atoms. The maximum atomic E-state index is 5.52. The SMILES string of the molecule is c1ccc(Cc2coc3ccccc23)cc1. The van der Waals surface area contributed by atoms with Crippen molar-refractivity contribution in [1.29, 1.82) is 0 Å². The number of benzene rings is 2. The van der Waals surface area contributed by atoms with E-state index >= 15 is 0 Å². The molecule has 1 heteroatoms.